The minimum Gasteiger partial charge on any atom is -0.493 e. The van der Waals surface area contributed by atoms with Crippen LogP contribution in [0.1, 0.15) is 5.56 Å². The van der Waals surface area contributed by atoms with Gasteiger partial charge < -0.3 is 14.8 Å². The van der Waals surface area contributed by atoms with Crippen molar-refractivity contribution in [3.8, 4) is 11.5 Å². The third-order valence-corrected chi connectivity index (χ3v) is 4.74. The number of hydrogen-bond acceptors (Lipinski definition) is 4. The smallest absolute Gasteiger partial charge is 0.326 e. The summed E-state index contributed by atoms with van der Waals surface area (Å²) in [6.07, 6.45) is 1.54. The molecule has 0 saturated carbocycles. The van der Waals surface area contributed by atoms with E-state index in [-0.39, 0.29) is 5.70 Å². The molecule has 6 nitrogen and oxygen atoms in total. The van der Waals surface area contributed by atoms with Gasteiger partial charge in [0, 0.05) is 4.47 Å². The Kier molecular flexibility index (Phi) is 4.34. The van der Waals surface area contributed by atoms with Gasteiger partial charge in [-0.15, -0.1) is 0 Å². The Labute approximate surface area is 131 Å². The normalized spacial score (nSPS) is 16.1. The lowest BCUT2D eigenvalue weighted by Gasteiger charge is -2.13. The van der Waals surface area contributed by atoms with E-state index in [4.69, 9.17) is 9.47 Å². The summed E-state index contributed by atoms with van der Waals surface area (Å²) in [4.78, 5) is 22.6. The first kappa shape index (κ1) is 14.9. The molecule has 8 heteroatoms. The number of ether oxygens (including phenoxy) is 2. The van der Waals surface area contributed by atoms with Crippen molar-refractivity contribution >= 4 is 49.9 Å². The zero-order valence-corrected chi connectivity index (χ0v) is 13.7. The van der Waals surface area contributed by atoms with E-state index >= 15 is 0 Å². The molecule has 0 aromatic heterocycles. The van der Waals surface area contributed by atoms with Gasteiger partial charge in [0.25, 0.3) is 5.91 Å². The van der Waals surface area contributed by atoms with Gasteiger partial charge in [-0.1, -0.05) is 0 Å². The van der Waals surface area contributed by atoms with E-state index in [1.54, 1.807) is 6.07 Å². The SMILES string of the molecule is COc1cc(C=C2NC(=O)NC2=O)c(Br)c(Br)c1OC. The molecule has 1 aromatic rings. The molecular formula is C12H10Br2N2O4. The van der Waals surface area contributed by atoms with Crippen molar-refractivity contribution < 1.29 is 19.1 Å². The number of carbonyl (C=O) groups excluding carboxylic acids is 2. The van der Waals surface area contributed by atoms with Gasteiger partial charge in [-0.3, -0.25) is 10.1 Å². The van der Waals surface area contributed by atoms with E-state index in [1.165, 1.54) is 20.3 Å². The largest absolute Gasteiger partial charge is 0.493 e. The van der Waals surface area contributed by atoms with Crippen LogP contribution in [-0.2, 0) is 4.79 Å². The number of hydrogen-bond donors (Lipinski definition) is 2. The zero-order chi connectivity index (χ0) is 14.9. The Bertz CT molecular complexity index is 628. The van der Waals surface area contributed by atoms with Crippen molar-refractivity contribution in [3.05, 3.63) is 26.3 Å². The predicted molar refractivity (Wildman–Crippen MR) is 79.6 cm³/mol. The number of nitrogens with one attached hydrogen (secondary N) is 2. The lowest BCUT2D eigenvalue weighted by Crippen LogP contribution is -2.22. The molecule has 106 valence electrons. The molecular weight excluding hydrogens is 396 g/mol. The van der Waals surface area contributed by atoms with Gasteiger partial charge in [0.1, 0.15) is 5.70 Å². The highest BCUT2D eigenvalue weighted by atomic mass is 79.9. The second-order valence-electron chi connectivity index (χ2n) is 3.80. The standard InChI is InChI=1S/C12H10Br2N2O4/c1-19-7-4-5(8(13)9(14)10(7)20-2)3-6-11(17)16-12(18)15-6/h3-4H,1-2H3,(H2,15,16,17,18). The lowest BCUT2D eigenvalue weighted by atomic mass is 10.1. The van der Waals surface area contributed by atoms with Gasteiger partial charge in [0.05, 0.1) is 18.7 Å². The third kappa shape index (κ3) is 2.66. The average molecular weight is 406 g/mol. The van der Waals surface area contributed by atoms with Crippen LogP contribution in [0.3, 0.4) is 0 Å². The molecule has 0 bridgehead atoms. The van der Waals surface area contributed by atoms with Gasteiger partial charge in [0.2, 0.25) is 0 Å². The first-order chi connectivity index (χ1) is 9.47. The van der Waals surface area contributed by atoms with Crippen LogP contribution < -0.4 is 20.1 Å². The quantitative estimate of drug-likeness (QED) is 0.598. The van der Waals surface area contributed by atoms with Gasteiger partial charge in [-0.05, 0) is 49.6 Å². The number of methoxy groups -OCH3 is 2. The van der Waals surface area contributed by atoms with Crippen molar-refractivity contribution in [1.82, 2.24) is 10.6 Å². The van der Waals surface area contributed by atoms with Gasteiger partial charge in [-0.25, -0.2) is 4.79 Å². The van der Waals surface area contributed by atoms with Crippen LogP contribution in [0.4, 0.5) is 4.79 Å². The van der Waals surface area contributed by atoms with Crippen molar-refractivity contribution in [2.45, 2.75) is 0 Å². The number of carbonyl (C=O) groups is 2. The summed E-state index contributed by atoms with van der Waals surface area (Å²) in [5.74, 6) is 0.549. The summed E-state index contributed by atoms with van der Waals surface area (Å²) in [5.41, 5.74) is 0.816. The van der Waals surface area contributed by atoms with E-state index in [9.17, 15) is 9.59 Å². The van der Waals surface area contributed by atoms with Gasteiger partial charge in [-0.2, -0.15) is 0 Å². The molecule has 0 unspecified atom stereocenters. The van der Waals surface area contributed by atoms with Crippen LogP contribution in [0.15, 0.2) is 20.7 Å². The molecule has 0 atom stereocenters. The van der Waals surface area contributed by atoms with Crippen LogP contribution in [-0.4, -0.2) is 26.2 Å². The monoisotopic (exact) mass is 404 g/mol. The van der Waals surface area contributed by atoms with Crippen LogP contribution in [0.25, 0.3) is 6.08 Å². The van der Waals surface area contributed by atoms with Gasteiger partial charge >= 0.3 is 6.03 Å². The second kappa shape index (κ2) is 5.84. The van der Waals surface area contributed by atoms with Crippen LogP contribution >= 0.6 is 31.9 Å². The Morgan fingerprint density at radius 1 is 1.10 bits per heavy atom. The maximum absolute atomic E-state index is 11.5. The molecule has 2 N–H and O–H groups in total. The highest BCUT2D eigenvalue weighted by molar-refractivity contribution is 9.13. The Morgan fingerprint density at radius 3 is 2.30 bits per heavy atom. The Morgan fingerprint density at radius 2 is 1.80 bits per heavy atom. The summed E-state index contributed by atoms with van der Waals surface area (Å²) in [6, 6.07) is 1.15. The molecule has 0 radical (unpaired) electrons. The minimum absolute atomic E-state index is 0.162. The fourth-order valence-electron chi connectivity index (χ4n) is 1.69. The molecule has 1 heterocycles. The number of imide groups is 1. The van der Waals surface area contributed by atoms with Crippen molar-refractivity contribution in [2.75, 3.05) is 14.2 Å². The Hall–Kier alpha value is -1.54. The summed E-state index contributed by atoms with van der Waals surface area (Å²) in [7, 11) is 3.04. The molecule has 1 saturated heterocycles. The topological polar surface area (TPSA) is 76.7 Å². The third-order valence-electron chi connectivity index (χ3n) is 2.60. The molecule has 3 amide bonds. The van der Waals surface area contributed by atoms with E-state index in [2.05, 4.69) is 42.5 Å². The summed E-state index contributed by atoms with van der Waals surface area (Å²) >= 11 is 6.80. The van der Waals surface area contributed by atoms with E-state index in [1.807, 2.05) is 0 Å². The molecule has 2 rings (SSSR count). The molecule has 1 fully saturated rings. The fraction of sp³-hybridized carbons (Fsp3) is 0.167. The highest BCUT2D eigenvalue weighted by Gasteiger charge is 2.24. The highest BCUT2D eigenvalue weighted by Crippen LogP contribution is 2.43. The van der Waals surface area contributed by atoms with Crippen LogP contribution in [0.5, 0.6) is 11.5 Å². The fourth-order valence-corrected chi connectivity index (χ4v) is 2.68. The summed E-state index contributed by atoms with van der Waals surface area (Å²) < 4.78 is 11.8. The van der Waals surface area contributed by atoms with Crippen molar-refractivity contribution in [1.29, 1.82) is 0 Å². The number of rotatable bonds is 3. The predicted octanol–water partition coefficient (Wildman–Crippen LogP) is 2.41. The molecule has 0 aliphatic carbocycles. The number of halogens is 2. The molecule has 1 aliphatic heterocycles. The number of urea groups is 1. The van der Waals surface area contributed by atoms with E-state index in [0.717, 1.165) is 0 Å². The van der Waals surface area contributed by atoms with Crippen molar-refractivity contribution in [2.24, 2.45) is 0 Å². The lowest BCUT2D eigenvalue weighted by molar-refractivity contribution is -0.115. The summed E-state index contributed by atoms with van der Waals surface area (Å²) in [6.45, 7) is 0. The van der Waals surface area contributed by atoms with Gasteiger partial charge in [0.15, 0.2) is 11.5 Å². The molecule has 1 aliphatic rings. The zero-order valence-electron chi connectivity index (χ0n) is 10.5. The Balaban J connectivity index is 2.53. The maximum Gasteiger partial charge on any atom is 0.326 e. The van der Waals surface area contributed by atoms with Crippen molar-refractivity contribution in [3.63, 3.8) is 0 Å². The van der Waals surface area contributed by atoms with Crippen LogP contribution in [0.2, 0.25) is 0 Å². The first-order valence-corrected chi connectivity index (χ1v) is 7.00. The molecule has 20 heavy (non-hydrogen) atoms. The molecule has 1 aromatic carbocycles. The first-order valence-electron chi connectivity index (χ1n) is 5.42. The van der Waals surface area contributed by atoms with E-state index < -0.39 is 11.9 Å². The maximum atomic E-state index is 11.5. The number of benzene rings is 1. The number of amides is 3. The minimum atomic E-state index is -0.545. The van der Waals surface area contributed by atoms with Crippen LogP contribution in [0, 0.1) is 0 Å². The summed E-state index contributed by atoms with van der Waals surface area (Å²) in [5, 5.41) is 4.55. The molecule has 0 spiro atoms. The second-order valence-corrected chi connectivity index (χ2v) is 5.38. The average Bonchev–Trinajstić information content (AvgIpc) is 2.73. The van der Waals surface area contributed by atoms with E-state index in [0.29, 0.717) is 26.0 Å².